The molecule has 1 rings (SSSR count). The highest BCUT2D eigenvalue weighted by atomic mass is 16.6. The van der Waals surface area contributed by atoms with Crippen molar-refractivity contribution in [1.82, 2.24) is 5.32 Å². The molecule has 1 amide bonds. The first kappa shape index (κ1) is 19.2. The van der Waals surface area contributed by atoms with E-state index in [0.29, 0.717) is 0 Å². The number of ether oxygens (including phenoxy) is 1. The Labute approximate surface area is 140 Å². The summed E-state index contributed by atoms with van der Waals surface area (Å²) in [7, 11) is 1.22. The maximum absolute atomic E-state index is 12.3. The van der Waals surface area contributed by atoms with E-state index in [2.05, 4.69) is 21.9 Å². The highest BCUT2D eigenvalue weighted by Gasteiger charge is 2.20. The lowest BCUT2D eigenvalue weighted by Crippen LogP contribution is -2.39. The van der Waals surface area contributed by atoms with Crippen molar-refractivity contribution in [2.45, 2.75) is 33.7 Å². The van der Waals surface area contributed by atoms with E-state index in [1.165, 1.54) is 32.2 Å². The third-order valence-electron chi connectivity index (χ3n) is 2.93. The molecule has 0 aliphatic rings. The van der Waals surface area contributed by atoms with Crippen molar-refractivity contribution in [2.24, 2.45) is 5.41 Å². The van der Waals surface area contributed by atoms with Gasteiger partial charge in [-0.1, -0.05) is 11.8 Å². The fourth-order valence-electron chi connectivity index (χ4n) is 1.71. The molecule has 0 saturated heterocycles. The van der Waals surface area contributed by atoms with Crippen LogP contribution in [0.2, 0.25) is 0 Å². The van der Waals surface area contributed by atoms with Gasteiger partial charge in [-0.25, -0.2) is 4.79 Å². The summed E-state index contributed by atoms with van der Waals surface area (Å²) in [5.41, 5.74) is -0.106. The van der Waals surface area contributed by atoms with Gasteiger partial charge >= 0.3 is 5.97 Å². The summed E-state index contributed by atoms with van der Waals surface area (Å²) in [6.45, 7) is 7.14. The molecule has 0 heterocycles. The predicted molar refractivity (Wildman–Crippen MR) is 88.4 cm³/mol. The number of nitro benzene ring substituents is 1. The third kappa shape index (κ3) is 5.39. The molecule has 1 N–H and O–H groups in total. The van der Waals surface area contributed by atoms with Gasteiger partial charge in [0.15, 0.2) is 0 Å². The second kappa shape index (κ2) is 7.59. The number of nitrogens with zero attached hydrogens (tertiary/aromatic N) is 1. The molecule has 0 bridgehead atoms. The number of rotatable bonds is 4. The number of carbonyl (C=O) groups is 2. The molecule has 0 spiro atoms. The molecular weight excluding hydrogens is 312 g/mol. The minimum atomic E-state index is -0.846. The van der Waals surface area contributed by atoms with E-state index in [4.69, 9.17) is 0 Å². The summed E-state index contributed by atoms with van der Waals surface area (Å²) in [5, 5.41) is 13.4. The van der Waals surface area contributed by atoms with E-state index < -0.39 is 22.8 Å². The van der Waals surface area contributed by atoms with Gasteiger partial charge in [0.05, 0.1) is 17.6 Å². The first-order valence-corrected chi connectivity index (χ1v) is 7.25. The Morgan fingerprint density at radius 3 is 2.46 bits per heavy atom. The number of benzene rings is 1. The molecule has 1 aromatic carbocycles. The second-order valence-electron chi connectivity index (χ2n) is 6.21. The van der Waals surface area contributed by atoms with Gasteiger partial charge in [-0.3, -0.25) is 14.9 Å². The van der Waals surface area contributed by atoms with Crippen LogP contribution in [0.3, 0.4) is 0 Å². The summed E-state index contributed by atoms with van der Waals surface area (Å²) in [4.78, 5) is 34.1. The van der Waals surface area contributed by atoms with Gasteiger partial charge in [0.25, 0.3) is 11.6 Å². The third-order valence-corrected chi connectivity index (χ3v) is 2.93. The summed E-state index contributed by atoms with van der Waals surface area (Å²) in [5.74, 6) is 4.61. The zero-order chi connectivity index (χ0) is 18.5. The van der Waals surface area contributed by atoms with E-state index in [1.807, 2.05) is 20.8 Å². The van der Waals surface area contributed by atoms with Gasteiger partial charge in [-0.15, -0.1) is 0 Å². The number of nitro groups is 1. The van der Waals surface area contributed by atoms with E-state index in [9.17, 15) is 19.7 Å². The van der Waals surface area contributed by atoms with Crippen molar-refractivity contribution in [2.75, 3.05) is 7.11 Å². The van der Waals surface area contributed by atoms with E-state index in [0.717, 1.165) is 0 Å². The summed E-state index contributed by atoms with van der Waals surface area (Å²) >= 11 is 0. The molecule has 0 aliphatic carbocycles. The van der Waals surface area contributed by atoms with Gasteiger partial charge < -0.3 is 10.1 Å². The van der Waals surface area contributed by atoms with Gasteiger partial charge in [0.1, 0.15) is 6.04 Å². The second-order valence-corrected chi connectivity index (χ2v) is 6.21. The molecular formula is C17H20N2O5. The van der Waals surface area contributed by atoms with Gasteiger partial charge in [0.2, 0.25) is 0 Å². The van der Waals surface area contributed by atoms with Crippen LogP contribution >= 0.6 is 0 Å². The number of non-ortho nitro benzene ring substituents is 1. The molecule has 1 atom stereocenters. The topological polar surface area (TPSA) is 98.5 Å². The van der Waals surface area contributed by atoms with Crippen LogP contribution in [0.4, 0.5) is 5.69 Å². The van der Waals surface area contributed by atoms with Crippen molar-refractivity contribution in [3.05, 3.63) is 39.4 Å². The van der Waals surface area contributed by atoms with E-state index in [-0.39, 0.29) is 22.2 Å². The van der Waals surface area contributed by atoms with Crippen LogP contribution in [0.5, 0.6) is 0 Å². The Morgan fingerprint density at radius 1 is 1.33 bits per heavy atom. The molecule has 0 radical (unpaired) electrons. The van der Waals surface area contributed by atoms with Gasteiger partial charge in [0, 0.05) is 23.1 Å². The highest BCUT2D eigenvalue weighted by molar-refractivity contribution is 5.99. The normalized spacial score (nSPS) is 11.7. The van der Waals surface area contributed by atoms with Crippen LogP contribution in [0.1, 0.15) is 43.6 Å². The van der Waals surface area contributed by atoms with Gasteiger partial charge in [-0.2, -0.15) is 0 Å². The summed E-state index contributed by atoms with van der Waals surface area (Å²) < 4.78 is 4.55. The molecule has 1 unspecified atom stereocenters. The fourth-order valence-corrected chi connectivity index (χ4v) is 1.71. The number of hydrogen-bond donors (Lipinski definition) is 1. The number of hydrogen-bond acceptors (Lipinski definition) is 5. The lowest BCUT2D eigenvalue weighted by Gasteiger charge is -2.13. The molecule has 7 nitrogen and oxygen atoms in total. The molecule has 7 heteroatoms. The minimum absolute atomic E-state index is 0.160. The molecule has 0 fully saturated rings. The van der Waals surface area contributed by atoms with Crippen LogP contribution in [0, 0.1) is 27.4 Å². The van der Waals surface area contributed by atoms with E-state index in [1.54, 1.807) is 0 Å². The Balaban J connectivity index is 3.25. The van der Waals surface area contributed by atoms with Crippen LogP contribution in [0.25, 0.3) is 0 Å². The van der Waals surface area contributed by atoms with Crippen LogP contribution < -0.4 is 5.32 Å². The maximum atomic E-state index is 12.3. The number of amides is 1. The fraction of sp³-hybridized carbons (Fsp3) is 0.412. The van der Waals surface area contributed by atoms with Crippen molar-refractivity contribution in [3.8, 4) is 11.8 Å². The van der Waals surface area contributed by atoms with Crippen LogP contribution in [-0.4, -0.2) is 30.0 Å². The lowest BCUT2D eigenvalue weighted by atomic mass is 9.96. The van der Waals surface area contributed by atoms with Crippen LogP contribution in [0.15, 0.2) is 18.2 Å². The van der Waals surface area contributed by atoms with Crippen molar-refractivity contribution < 1.29 is 19.2 Å². The number of nitrogens with one attached hydrogen (secondary N) is 1. The quantitative estimate of drug-likeness (QED) is 0.395. The van der Waals surface area contributed by atoms with Crippen molar-refractivity contribution in [3.63, 3.8) is 0 Å². The molecule has 1 aromatic rings. The Morgan fingerprint density at radius 2 is 1.96 bits per heavy atom. The maximum Gasteiger partial charge on any atom is 0.328 e. The Hall–Kier alpha value is -2.88. The standard InChI is InChI=1S/C17H20N2O5/c1-11(16(21)24-5)18-15(20)14-7-6-13(19(22)23)10-12(14)8-9-17(2,3)4/h6-7,10-11H,1-5H3,(H,18,20). The summed E-state index contributed by atoms with van der Waals surface area (Å²) in [6.07, 6.45) is 0. The Kier molecular flexibility index (Phi) is 6.07. The lowest BCUT2D eigenvalue weighted by molar-refractivity contribution is -0.384. The number of carbonyl (C=O) groups excluding carboxylic acids is 2. The SMILES string of the molecule is COC(=O)C(C)NC(=O)c1ccc([N+](=O)[O-])cc1C#CC(C)(C)C. The average Bonchev–Trinajstić information content (AvgIpc) is 2.50. The first-order valence-electron chi connectivity index (χ1n) is 7.25. The molecule has 0 aromatic heterocycles. The smallest absolute Gasteiger partial charge is 0.328 e. The number of methoxy groups -OCH3 is 1. The predicted octanol–water partition coefficient (Wildman–Crippen LogP) is 2.28. The molecule has 128 valence electrons. The monoisotopic (exact) mass is 332 g/mol. The van der Waals surface area contributed by atoms with Crippen molar-refractivity contribution in [1.29, 1.82) is 0 Å². The Bertz CT molecular complexity index is 723. The molecule has 24 heavy (non-hydrogen) atoms. The zero-order valence-corrected chi connectivity index (χ0v) is 14.3. The zero-order valence-electron chi connectivity index (χ0n) is 14.3. The van der Waals surface area contributed by atoms with E-state index >= 15 is 0 Å². The average molecular weight is 332 g/mol. The van der Waals surface area contributed by atoms with Crippen molar-refractivity contribution >= 4 is 17.6 Å². The number of esters is 1. The van der Waals surface area contributed by atoms with Crippen LogP contribution in [-0.2, 0) is 9.53 Å². The minimum Gasteiger partial charge on any atom is -0.467 e. The summed E-state index contributed by atoms with van der Waals surface area (Å²) in [6, 6.07) is 2.95. The molecule has 0 aliphatic heterocycles. The molecule has 0 saturated carbocycles. The highest BCUT2D eigenvalue weighted by Crippen LogP contribution is 2.19. The van der Waals surface area contributed by atoms with Gasteiger partial charge in [-0.05, 0) is 33.8 Å². The largest absolute Gasteiger partial charge is 0.467 e. The first-order chi connectivity index (χ1) is 11.0.